The molecule has 1 aliphatic heterocycles. The molecular formula is C18H18BrNO4S. The van der Waals surface area contributed by atoms with Crippen LogP contribution in [0.4, 0.5) is 0 Å². The van der Waals surface area contributed by atoms with Crippen LogP contribution >= 0.6 is 15.9 Å². The summed E-state index contributed by atoms with van der Waals surface area (Å²) >= 11 is 3.14. The fourth-order valence-corrected chi connectivity index (χ4v) is 5.05. The van der Waals surface area contributed by atoms with Crippen molar-refractivity contribution in [2.45, 2.75) is 23.7 Å². The van der Waals surface area contributed by atoms with Crippen LogP contribution in [0.2, 0.25) is 0 Å². The highest BCUT2D eigenvalue weighted by Gasteiger charge is 2.30. The summed E-state index contributed by atoms with van der Waals surface area (Å²) in [6.07, 6.45) is 1.51. The van der Waals surface area contributed by atoms with Gasteiger partial charge in [-0.15, -0.1) is 0 Å². The molecule has 0 spiro atoms. The van der Waals surface area contributed by atoms with Gasteiger partial charge in [0.15, 0.2) is 0 Å². The Bertz CT molecular complexity index is 875. The minimum Gasteiger partial charge on any atom is -0.478 e. The molecule has 1 heterocycles. The minimum absolute atomic E-state index is 0.0197. The third-order valence-corrected chi connectivity index (χ3v) is 7.12. The van der Waals surface area contributed by atoms with Crippen molar-refractivity contribution in [2.24, 2.45) is 0 Å². The summed E-state index contributed by atoms with van der Waals surface area (Å²) in [5.41, 5.74) is 1.18. The first-order valence-corrected chi connectivity index (χ1v) is 10.2. The topological polar surface area (TPSA) is 74.7 Å². The number of benzene rings is 2. The van der Waals surface area contributed by atoms with E-state index >= 15 is 0 Å². The van der Waals surface area contributed by atoms with Crippen molar-refractivity contribution in [2.75, 3.05) is 13.1 Å². The molecule has 0 bridgehead atoms. The van der Waals surface area contributed by atoms with Gasteiger partial charge in [0.25, 0.3) is 0 Å². The third-order valence-electron chi connectivity index (χ3n) is 4.53. The number of sulfonamides is 1. The molecule has 1 aliphatic rings. The highest BCUT2D eigenvalue weighted by molar-refractivity contribution is 9.10. The fourth-order valence-electron chi connectivity index (χ4n) is 3.13. The number of rotatable bonds is 4. The molecule has 0 aliphatic carbocycles. The van der Waals surface area contributed by atoms with Crippen molar-refractivity contribution in [3.63, 3.8) is 0 Å². The van der Waals surface area contributed by atoms with Crippen molar-refractivity contribution in [3.8, 4) is 0 Å². The van der Waals surface area contributed by atoms with E-state index in [1.54, 1.807) is 0 Å². The zero-order chi connectivity index (χ0) is 18.0. The molecule has 25 heavy (non-hydrogen) atoms. The average molecular weight is 424 g/mol. The molecule has 0 aromatic heterocycles. The monoisotopic (exact) mass is 423 g/mol. The summed E-state index contributed by atoms with van der Waals surface area (Å²) in [6.45, 7) is 0.862. The lowest BCUT2D eigenvalue weighted by atomic mass is 9.90. The SMILES string of the molecule is O=C(O)c1cc(S(=O)(=O)N2CCC(c3ccccc3)CC2)ccc1Br. The van der Waals surface area contributed by atoms with Crippen LogP contribution in [0.1, 0.15) is 34.7 Å². The Labute approximate surface area is 155 Å². The van der Waals surface area contributed by atoms with Gasteiger partial charge in [-0.2, -0.15) is 4.31 Å². The molecule has 5 nitrogen and oxygen atoms in total. The molecule has 7 heteroatoms. The summed E-state index contributed by atoms with van der Waals surface area (Å²) < 4.78 is 27.5. The first-order valence-electron chi connectivity index (χ1n) is 7.97. The van der Waals surface area contributed by atoms with Crippen LogP contribution in [0.5, 0.6) is 0 Å². The molecule has 0 unspecified atom stereocenters. The predicted molar refractivity (Wildman–Crippen MR) is 98.3 cm³/mol. The van der Waals surface area contributed by atoms with Gasteiger partial charge < -0.3 is 5.11 Å². The van der Waals surface area contributed by atoms with E-state index in [1.807, 2.05) is 18.2 Å². The summed E-state index contributed by atoms with van der Waals surface area (Å²) in [4.78, 5) is 11.3. The van der Waals surface area contributed by atoms with Crippen LogP contribution in [-0.4, -0.2) is 36.9 Å². The van der Waals surface area contributed by atoms with Gasteiger partial charge >= 0.3 is 5.97 Å². The van der Waals surface area contributed by atoms with Crippen molar-refractivity contribution < 1.29 is 18.3 Å². The molecule has 0 amide bonds. The van der Waals surface area contributed by atoms with E-state index in [0.717, 1.165) is 12.8 Å². The Balaban J connectivity index is 1.78. The van der Waals surface area contributed by atoms with Gasteiger partial charge in [-0.25, -0.2) is 13.2 Å². The van der Waals surface area contributed by atoms with Gasteiger partial charge in [-0.1, -0.05) is 30.3 Å². The Hall–Kier alpha value is -1.70. The summed E-state index contributed by atoms with van der Waals surface area (Å²) in [5.74, 6) is -0.807. The van der Waals surface area contributed by atoms with E-state index in [1.165, 1.54) is 28.1 Å². The second kappa shape index (κ2) is 7.27. The highest BCUT2D eigenvalue weighted by Crippen LogP contribution is 2.31. The molecule has 3 rings (SSSR count). The third kappa shape index (κ3) is 3.78. The summed E-state index contributed by atoms with van der Waals surface area (Å²) in [5, 5.41) is 9.19. The second-order valence-electron chi connectivity index (χ2n) is 6.04. The number of aromatic carboxylic acids is 1. The van der Waals surface area contributed by atoms with Crippen LogP contribution in [0.3, 0.4) is 0 Å². The largest absolute Gasteiger partial charge is 0.478 e. The van der Waals surface area contributed by atoms with Gasteiger partial charge in [0.1, 0.15) is 0 Å². The number of carboxylic acid groups (broad SMARTS) is 1. The Kier molecular flexibility index (Phi) is 5.27. The van der Waals surface area contributed by atoms with Crippen LogP contribution < -0.4 is 0 Å². The summed E-state index contributed by atoms with van der Waals surface area (Å²) in [6, 6.07) is 14.2. The van der Waals surface area contributed by atoms with Crippen molar-refractivity contribution >= 4 is 31.9 Å². The number of carbonyl (C=O) groups is 1. The molecule has 132 valence electrons. The standard InChI is InChI=1S/C18H18BrNO4S/c19-17-7-6-15(12-16(17)18(21)22)25(23,24)20-10-8-14(9-11-20)13-4-2-1-3-5-13/h1-7,12,14H,8-11H2,(H,21,22). The van der Waals surface area contributed by atoms with E-state index in [2.05, 4.69) is 28.1 Å². The van der Waals surface area contributed by atoms with E-state index in [4.69, 9.17) is 0 Å². The van der Waals surface area contributed by atoms with Crippen molar-refractivity contribution in [1.29, 1.82) is 0 Å². The zero-order valence-corrected chi connectivity index (χ0v) is 15.8. The van der Waals surface area contributed by atoms with E-state index in [0.29, 0.717) is 23.5 Å². The molecule has 2 aromatic rings. The van der Waals surface area contributed by atoms with Crippen LogP contribution in [0.15, 0.2) is 57.9 Å². The van der Waals surface area contributed by atoms with E-state index < -0.39 is 16.0 Å². The molecule has 1 saturated heterocycles. The highest BCUT2D eigenvalue weighted by atomic mass is 79.9. The molecule has 1 fully saturated rings. The number of hydrogen-bond acceptors (Lipinski definition) is 3. The fraction of sp³-hybridized carbons (Fsp3) is 0.278. The van der Waals surface area contributed by atoms with Gasteiger partial charge in [0.2, 0.25) is 10.0 Å². The first kappa shape index (κ1) is 18.1. The smallest absolute Gasteiger partial charge is 0.336 e. The van der Waals surface area contributed by atoms with Gasteiger partial charge in [-0.05, 0) is 58.5 Å². The average Bonchev–Trinajstić information content (AvgIpc) is 2.62. The second-order valence-corrected chi connectivity index (χ2v) is 8.83. The number of piperidine rings is 1. The zero-order valence-electron chi connectivity index (χ0n) is 13.4. The number of nitrogens with zero attached hydrogens (tertiary/aromatic N) is 1. The molecule has 1 N–H and O–H groups in total. The van der Waals surface area contributed by atoms with Crippen LogP contribution in [0, 0.1) is 0 Å². The molecule has 2 aromatic carbocycles. The molecule has 0 radical (unpaired) electrons. The van der Waals surface area contributed by atoms with E-state index in [9.17, 15) is 18.3 Å². The van der Waals surface area contributed by atoms with Crippen LogP contribution in [-0.2, 0) is 10.0 Å². The Morgan fingerprint density at radius 2 is 1.72 bits per heavy atom. The lowest BCUT2D eigenvalue weighted by Crippen LogP contribution is -2.38. The van der Waals surface area contributed by atoms with Gasteiger partial charge in [0, 0.05) is 17.6 Å². The number of carboxylic acids is 1. The lowest BCUT2D eigenvalue weighted by molar-refractivity contribution is 0.0695. The predicted octanol–water partition coefficient (Wildman–Crippen LogP) is 3.72. The minimum atomic E-state index is -3.69. The van der Waals surface area contributed by atoms with E-state index in [-0.39, 0.29) is 10.5 Å². The molecule has 0 saturated carbocycles. The van der Waals surface area contributed by atoms with Crippen molar-refractivity contribution in [1.82, 2.24) is 4.31 Å². The molecular weight excluding hydrogens is 406 g/mol. The Morgan fingerprint density at radius 1 is 1.08 bits per heavy atom. The first-order chi connectivity index (χ1) is 11.9. The van der Waals surface area contributed by atoms with Crippen molar-refractivity contribution in [3.05, 3.63) is 64.1 Å². The Morgan fingerprint density at radius 3 is 2.32 bits per heavy atom. The maximum atomic E-state index is 12.8. The number of halogens is 1. The maximum Gasteiger partial charge on any atom is 0.336 e. The van der Waals surface area contributed by atoms with Gasteiger partial charge in [-0.3, -0.25) is 0 Å². The number of hydrogen-bond donors (Lipinski definition) is 1. The lowest BCUT2D eigenvalue weighted by Gasteiger charge is -2.31. The quantitative estimate of drug-likeness (QED) is 0.812. The van der Waals surface area contributed by atoms with Gasteiger partial charge in [0.05, 0.1) is 10.5 Å². The van der Waals surface area contributed by atoms with Crippen LogP contribution in [0.25, 0.3) is 0 Å². The molecule has 0 atom stereocenters. The maximum absolute atomic E-state index is 12.8. The normalized spacial score (nSPS) is 16.7. The summed E-state index contributed by atoms with van der Waals surface area (Å²) in [7, 11) is -3.69.